The number of rotatable bonds is 2. The summed E-state index contributed by atoms with van der Waals surface area (Å²) in [7, 11) is 0. The Labute approximate surface area is 96.5 Å². The van der Waals surface area contributed by atoms with E-state index in [1.807, 2.05) is 13.8 Å². The van der Waals surface area contributed by atoms with Crippen molar-refractivity contribution >= 4 is 5.78 Å². The van der Waals surface area contributed by atoms with Crippen molar-refractivity contribution in [2.75, 3.05) is 19.6 Å². The fourth-order valence-corrected chi connectivity index (χ4v) is 2.66. The third-order valence-corrected chi connectivity index (χ3v) is 3.94. The number of nitrogens with zero attached hydrogens (tertiary/aromatic N) is 1. The Bertz CT molecular complexity index is 324. The van der Waals surface area contributed by atoms with E-state index in [1.54, 1.807) is 0 Å². The molecule has 2 aliphatic rings. The highest BCUT2D eigenvalue weighted by molar-refractivity contribution is 5.98. The van der Waals surface area contributed by atoms with Crippen LogP contribution in [0.15, 0.2) is 11.1 Å². The minimum atomic E-state index is -0.683. The van der Waals surface area contributed by atoms with Crippen molar-refractivity contribution in [2.24, 2.45) is 5.92 Å². The molecule has 0 spiro atoms. The zero-order valence-electron chi connectivity index (χ0n) is 10.1. The lowest BCUT2D eigenvalue weighted by Crippen LogP contribution is -2.34. The van der Waals surface area contributed by atoms with Gasteiger partial charge in [0.1, 0.15) is 6.17 Å². The second kappa shape index (κ2) is 4.66. The van der Waals surface area contributed by atoms with E-state index in [0.29, 0.717) is 13.0 Å². The van der Waals surface area contributed by atoms with Gasteiger partial charge in [-0.2, -0.15) is 0 Å². The van der Waals surface area contributed by atoms with Crippen molar-refractivity contribution in [3.8, 4) is 0 Å². The van der Waals surface area contributed by atoms with Crippen LogP contribution in [0.4, 0.5) is 4.39 Å². The number of halogens is 1. The molecule has 2 unspecified atom stereocenters. The van der Waals surface area contributed by atoms with Crippen LogP contribution in [0.5, 0.6) is 0 Å². The lowest BCUT2D eigenvalue weighted by atomic mass is 9.83. The average molecular weight is 225 g/mol. The van der Waals surface area contributed by atoms with E-state index in [2.05, 4.69) is 4.90 Å². The van der Waals surface area contributed by atoms with Crippen LogP contribution < -0.4 is 0 Å². The predicted molar refractivity (Wildman–Crippen MR) is 62.1 cm³/mol. The molecular weight excluding hydrogens is 205 g/mol. The third-order valence-electron chi connectivity index (χ3n) is 3.94. The number of likely N-dealkylation sites (tertiary alicyclic amines) is 1. The monoisotopic (exact) mass is 225 g/mol. The molecule has 0 bridgehead atoms. The van der Waals surface area contributed by atoms with Gasteiger partial charge in [0, 0.05) is 25.6 Å². The molecule has 0 aromatic heterocycles. The first-order valence-electron chi connectivity index (χ1n) is 6.15. The summed E-state index contributed by atoms with van der Waals surface area (Å²) in [6.45, 7) is 6.05. The zero-order chi connectivity index (χ0) is 11.7. The fourth-order valence-electron chi connectivity index (χ4n) is 2.66. The molecule has 1 aliphatic heterocycles. The molecule has 0 aromatic carbocycles. The van der Waals surface area contributed by atoms with Crippen LogP contribution in [-0.2, 0) is 4.79 Å². The van der Waals surface area contributed by atoms with Gasteiger partial charge in [0.15, 0.2) is 5.78 Å². The maximum atomic E-state index is 13.0. The van der Waals surface area contributed by atoms with Gasteiger partial charge in [0.2, 0.25) is 0 Å². The van der Waals surface area contributed by atoms with Gasteiger partial charge in [-0.1, -0.05) is 5.57 Å². The number of hydrogen-bond acceptors (Lipinski definition) is 2. The summed E-state index contributed by atoms with van der Waals surface area (Å²) in [6, 6.07) is 0. The number of ketones is 1. The largest absolute Gasteiger partial charge is 0.300 e. The van der Waals surface area contributed by atoms with Gasteiger partial charge in [-0.15, -0.1) is 0 Å². The molecule has 0 amide bonds. The number of carbonyl (C=O) groups excluding carboxylic acids is 1. The molecule has 1 heterocycles. The lowest BCUT2D eigenvalue weighted by molar-refractivity contribution is -0.120. The van der Waals surface area contributed by atoms with Gasteiger partial charge in [0.05, 0.1) is 0 Å². The van der Waals surface area contributed by atoms with Crippen molar-refractivity contribution in [3.05, 3.63) is 11.1 Å². The quantitative estimate of drug-likeness (QED) is 0.719. The van der Waals surface area contributed by atoms with Crippen LogP contribution in [0.25, 0.3) is 0 Å². The third kappa shape index (κ3) is 2.34. The number of alkyl halides is 1. The first kappa shape index (κ1) is 11.8. The van der Waals surface area contributed by atoms with Crippen LogP contribution in [-0.4, -0.2) is 36.5 Å². The summed E-state index contributed by atoms with van der Waals surface area (Å²) in [5.41, 5.74) is 2.17. The summed E-state index contributed by atoms with van der Waals surface area (Å²) in [5.74, 6) is 0.389. The van der Waals surface area contributed by atoms with Gasteiger partial charge in [0.25, 0.3) is 0 Å². The predicted octanol–water partition coefficient (Wildman–Crippen LogP) is 2.35. The summed E-state index contributed by atoms with van der Waals surface area (Å²) in [4.78, 5) is 14.1. The number of carbonyl (C=O) groups is 1. The maximum absolute atomic E-state index is 13.0. The Morgan fingerprint density at radius 2 is 2.12 bits per heavy atom. The second-order valence-corrected chi connectivity index (χ2v) is 5.15. The number of hydrogen-bond donors (Lipinski definition) is 0. The maximum Gasteiger partial charge on any atom is 0.162 e. The molecule has 2 atom stereocenters. The number of Topliss-reactive ketones (excluding diaryl/α,β-unsaturated/α-hetero) is 1. The van der Waals surface area contributed by atoms with E-state index >= 15 is 0 Å². The highest BCUT2D eigenvalue weighted by Crippen LogP contribution is 2.27. The molecule has 1 saturated heterocycles. The minimum Gasteiger partial charge on any atom is -0.300 e. The minimum absolute atomic E-state index is 0.106. The Kier molecular flexibility index (Phi) is 3.43. The lowest BCUT2D eigenvalue weighted by Gasteiger charge is -2.26. The van der Waals surface area contributed by atoms with Gasteiger partial charge < -0.3 is 0 Å². The first-order chi connectivity index (χ1) is 7.58. The molecule has 0 aromatic rings. The molecule has 0 saturated carbocycles. The Hall–Kier alpha value is -0.700. The van der Waals surface area contributed by atoms with Crippen molar-refractivity contribution < 1.29 is 9.18 Å². The standard InChI is InChI=1S/C13H20FNO/c1-9-3-4-11(13(16)10(9)2)7-15-6-5-12(14)8-15/h11-12H,3-8H2,1-2H3. The van der Waals surface area contributed by atoms with E-state index in [1.165, 1.54) is 5.57 Å². The molecule has 3 heteroatoms. The Balaban J connectivity index is 1.94. The molecule has 0 N–H and O–H groups in total. The number of allylic oxidation sites excluding steroid dienone is 2. The van der Waals surface area contributed by atoms with Gasteiger partial charge >= 0.3 is 0 Å². The molecule has 16 heavy (non-hydrogen) atoms. The average Bonchev–Trinajstić information content (AvgIpc) is 2.65. The van der Waals surface area contributed by atoms with Gasteiger partial charge in [-0.25, -0.2) is 4.39 Å². The van der Waals surface area contributed by atoms with Crippen LogP contribution in [0.2, 0.25) is 0 Å². The summed E-state index contributed by atoms with van der Waals surface area (Å²) < 4.78 is 13.0. The van der Waals surface area contributed by atoms with Crippen molar-refractivity contribution in [2.45, 2.75) is 39.3 Å². The van der Waals surface area contributed by atoms with E-state index in [4.69, 9.17) is 0 Å². The molecular formula is C13H20FNO. The smallest absolute Gasteiger partial charge is 0.162 e. The fraction of sp³-hybridized carbons (Fsp3) is 0.769. The van der Waals surface area contributed by atoms with Gasteiger partial charge in [-0.3, -0.25) is 9.69 Å². The van der Waals surface area contributed by atoms with Crippen molar-refractivity contribution in [3.63, 3.8) is 0 Å². The van der Waals surface area contributed by atoms with Gasteiger partial charge in [-0.05, 0) is 38.7 Å². The summed E-state index contributed by atoms with van der Waals surface area (Å²) in [6.07, 6.45) is 1.91. The van der Waals surface area contributed by atoms with Crippen LogP contribution in [0, 0.1) is 5.92 Å². The summed E-state index contributed by atoms with van der Waals surface area (Å²) in [5, 5.41) is 0. The SMILES string of the molecule is CC1=C(C)C(=O)C(CN2CCC(F)C2)CC1. The van der Waals surface area contributed by atoms with Crippen LogP contribution >= 0.6 is 0 Å². The normalized spacial score (nSPS) is 32.6. The highest BCUT2D eigenvalue weighted by atomic mass is 19.1. The second-order valence-electron chi connectivity index (χ2n) is 5.15. The van der Waals surface area contributed by atoms with Crippen LogP contribution in [0.1, 0.15) is 33.1 Å². The Morgan fingerprint density at radius 1 is 1.38 bits per heavy atom. The highest BCUT2D eigenvalue weighted by Gasteiger charge is 2.30. The molecule has 90 valence electrons. The van der Waals surface area contributed by atoms with E-state index < -0.39 is 6.17 Å². The molecule has 2 rings (SSSR count). The topological polar surface area (TPSA) is 20.3 Å². The van der Waals surface area contributed by atoms with Crippen molar-refractivity contribution in [1.29, 1.82) is 0 Å². The summed E-state index contributed by atoms with van der Waals surface area (Å²) >= 11 is 0. The van der Waals surface area contributed by atoms with Crippen LogP contribution in [0.3, 0.4) is 0 Å². The van der Waals surface area contributed by atoms with E-state index in [-0.39, 0.29) is 11.7 Å². The molecule has 1 aliphatic carbocycles. The molecule has 2 nitrogen and oxygen atoms in total. The molecule has 1 fully saturated rings. The van der Waals surface area contributed by atoms with Crippen molar-refractivity contribution in [1.82, 2.24) is 4.90 Å². The molecule has 0 radical (unpaired) electrons. The Morgan fingerprint density at radius 3 is 2.75 bits per heavy atom. The van der Waals surface area contributed by atoms with E-state index in [0.717, 1.165) is 31.5 Å². The zero-order valence-corrected chi connectivity index (χ0v) is 10.1. The van der Waals surface area contributed by atoms with E-state index in [9.17, 15) is 9.18 Å². The first-order valence-corrected chi connectivity index (χ1v) is 6.15.